The molecule has 2 aromatic carbocycles. The predicted molar refractivity (Wildman–Crippen MR) is 114 cm³/mol. The zero-order valence-electron chi connectivity index (χ0n) is 17.1. The second-order valence-corrected chi connectivity index (χ2v) is 8.69. The third-order valence-corrected chi connectivity index (χ3v) is 6.15. The summed E-state index contributed by atoms with van der Waals surface area (Å²) in [4.78, 5) is 23.4. The summed E-state index contributed by atoms with van der Waals surface area (Å²) in [6, 6.07) is 11.7. The van der Waals surface area contributed by atoms with Gasteiger partial charge < -0.3 is 21.1 Å². The summed E-state index contributed by atoms with van der Waals surface area (Å²) >= 11 is 0. The molecule has 0 aliphatic carbocycles. The van der Waals surface area contributed by atoms with Crippen LogP contribution in [0.5, 0.6) is 0 Å². The van der Waals surface area contributed by atoms with Gasteiger partial charge in [-0.25, -0.2) is 0 Å². The van der Waals surface area contributed by atoms with Crippen LogP contribution in [0.3, 0.4) is 0 Å². The predicted octanol–water partition coefficient (Wildman–Crippen LogP) is 3.50. The molecule has 4 rings (SSSR count). The van der Waals surface area contributed by atoms with Crippen LogP contribution in [0.1, 0.15) is 42.3 Å². The van der Waals surface area contributed by atoms with E-state index in [0.29, 0.717) is 24.4 Å². The number of ether oxygens (including phenoxy) is 1. The van der Waals surface area contributed by atoms with Crippen molar-refractivity contribution in [1.82, 2.24) is 5.32 Å². The maximum Gasteiger partial charge on any atom is 0.269 e. The molecule has 2 aromatic rings. The average Bonchev–Trinajstić information content (AvgIpc) is 3.21. The first-order chi connectivity index (χ1) is 14.3. The maximum atomic E-state index is 12.6. The minimum Gasteiger partial charge on any atom is -0.399 e. The van der Waals surface area contributed by atoms with E-state index in [9.17, 15) is 14.9 Å². The molecule has 4 N–H and O–H groups in total. The van der Waals surface area contributed by atoms with Crippen molar-refractivity contribution >= 4 is 23.0 Å². The van der Waals surface area contributed by atoms with Crippen molar-refractivity contribution in [1.29, 1.82) is 0 Å². The first-order valence-corrected chi connectivity index (χ1v) is 10.1. The summed E-state index contributed by atoms with van der Waals surface area (Å²) in [7, 11) is 0. The monoisotopic (exact) mass is 410 g/mol. The third kappa shape index (κ3) is 3.70. The van der Waals surface area contributed by atoms with Gasteiger partial charge in [-0.1, -0.05) is 13.8 Å². The fourth-order valence-corrected chi connectivity index (χ4v) is 4.50. The van der Waals surface area contributed by atoms with Crippen LogP contribution in [0.2, 0.25) is 0 Å². The van der Waals surface area contributed by atoms with Crippen LogP contribution in [-0.2, 0) is 4.74 Å². The number of non-ortho nitro benzene ring substituents is 1. The molecule has 158 valence electrons. The number of anilines is 2. The van der Waals surface area contributed by atoms with Gasteiger partial charge in [0.1, 0.15) is 0 Å². The zero-order chi connectivity index (χ0) is 21.5. The summed E-state index contributed by atoms with van der Waals surface area (Å²) in [6.45, 7) is 5.31. The number of nitro groups is 1. The first kappa shape index (κ1) is 20.2. The fourth-order valence-electron chi connectivity index (χ4n) is 4.50. The number of nitrogens with two attached hydrogens (primary N) is 1. The van der Waals surface area contributed by atoms with E-state index in [1.54, 1.807) is 36.4 Å². The van der Waals surface area contributed by atoms with E-state index in [0.717, 1.165) is 17.7 Å². The molecule has 0 bridgehead atoms. The summed E-state index contributed by atoms with van der Waals surface area (Å²) in [5.74, 6) is 0.0251. The van der Waals surface area contributed by atoms with Crippen LogP contribution in [0.25, 0.3) is 0 Å². The topological polar surface area (TPSA) is 120 Å². The van der Waals surface area contributed by atoms with E-state index in [1.165, 1.54) is 6.07 Å². The van der Waals surface area contributed by atoms with Gasteiger partial charge in [-0.05, 0) is 36.8 Å². The van der Waals surface area contributed by atoms with E-state index in [1.807, 2.05) is 0 Å². The molecule has 8 nitrogen and oxygen atoms in total. The molecule has 0 spiro atoms. The van der Waals surface area contributed by atoms with Gasteiger partial charge in [0.05, 0.1) is 11.0 Å². The summed E-state index contributed by atoms with van der Waals surface area (Å²) in [5, 5.41) is 17.8. The molecular formula is C22H26N4O4. The number of carbonyl (C=O) groups excluding carboxylic acids is 1. The van der Waals surface area contributed by atoms with Gasteiger partial charge >= 0.3 is 0 Å². The van der Waals surface area contributed by atoms with Gasteiger partial charge in [0.2, 0.25) is 0 Å². The second-order valence-electron chi connectivity index (χ2n) is 8.69. The second kappa shape index (κ2) is 7.60. The van der Waals surface area contributed by atoms with Crippen molar-refractivity contribution in [3.63, 3.8) is 0 Å². The number of amides is 1. The lowest BCUT2D eigenvalue weighted by molar-refractivity contribution is -0.385. The van der Waals surface area contributed by atoms with E-state index in [-0.39, 0.29) is 40.0 Å². The molecule has 0 aromatic heterocycles. The molecule has 3 unspecified atom stereocenters. The highest BCUT2D eigenvalue weighted by atomic mass is 16.6. The van der Waals surface area contributed by atoms with Gasteiger partial charge in [-0.15, -0.1) is 0 Å². The molecule has 1 saturated heterocycles. The van der Waals surface area contributed by atoms with Crippen LogP contribution >= 0.6 is 0 Å². The highest BCUT2D eigenvalue weighted by molar-refractivity contribution is 5.94. The van der Waals surface area contributed by atoms with Gasteiger partial charge in [0.25, 0.3) is 11.6 Å². The quantitative estimate of drug-likeness (QED) is 0.394. The Morgan fingerprint density at radius 3 is 2.73 bits per heavy atom. The highest BCUT2D eigenvalue weighted by Gasteiger charge is 2.47. The van der Waals surface area contributed by atoms with Crippen molar-refractivity contribution in [2.45, 2.75) is 32.4 Å². The van der Waals surface area contributed by atoms with Gasteiger partial charge in [-0.3, -0.25) is 14.9 Å². The number of hydrogen-bond donors (Lipinski definition) is 3. The molecule has 1 fully saturated rings. The number of carbonyl (C=O) groups is 1. The minimum atomic E-state index is -0.382. The van der Waals surface area contributed by atoms with E-state index in [2.05, 4.69) is 24.5 Å². The number of nitro benzene ring substituents is 1. The molecular weight excluding hydrogens is 384 g/mol. The molecule has 8 heteroatoms. The van der Waals surface area contributed by atoms with Crippen molar-refractivity contribution in [3.05, 3.63) is 63.7 Å². The Bertz CT molecular complexity index is 974. The largest absolute Gasteiger partial charge is 0.399 e. The van der Waals surface area contributed by atoms with Crippen LogP contribution < -0.4 is 16.4 Å². The molecule has 0 radical (unpaired) electrons. The number of fused-ring (bicyclic) bond motifs is 3. The Hall–Kier alpha value is -3.13. The van der Waals surface area contributed by atoms with Crippen LogP contribution in [0.4, 0.5) is 17.1 Å². The van der Waals surface area contributed by atoms with E-state index >= 15 is 0 Å². The first-order valence-electron chi connectivity index (χ1n) is 10.1. The average molecular weight is 410 g/mol. The lowest BCUT2D eigenvalue weighted by atomic mass is 9.71. The van der Waals surface area contributed by atoms with Gasteiger partial charge in [-0.2, -0.15) is 0 Å². The number of nitrogen functional groups attached to an aromatic ring is 1. The number of benzene rings is 2. The SMILES string of the molecule is CC(C)(CNC(=O)c1ccc(N)cc1)C1Nc2ccc([N+](=O)[O-])cc2C2OCCC21. The van der Waals surface area contributed by atoms with E-state index < -0.39 is 0 Å². The number of nitrogens with one attached hydrogen (secondary N) is 2. The Kier molecular flexibility index (Phi) is 5.11. The standard InChI is InChI=1S/C22H26N4O4/c1-22(2,12-24-21(27)13-3-5-14(23)6-4-13)20-16-9-10-30-19(16)17-11-15(26(28)29)7-8-18(17)25-20/h3-8,11,16,19-20,25H,9-10,12,23H2,1-2H3,(H,24,27). The lowest BCUT2D eigenvalue weighted by Gasteiger charge is -2.44. The van der Waals surface area contributed by atoms with Crippen molar-refractivity contribution in [2.24, 2.45) is 11.3 Å². The Labute approximate surface area is 174 Å². The smallest absolute Gasteiger partial charge is 0.269 e. The lowest BCUT2D eigenvalue weighted by Crippen LogP contribution is -2.51. The van der Waals surface area contributed by atoms with Gasteiger partial charge in [0.15, 0.2) is 0 Å². The molecule has 2 aliphatic heterocycles. The molecule has 1 amide bonds. The molecule has 2 aliphatic rings. The molecule has 30 heavy (non-hydrogen) atoms. The van der Waals surface area contributed by atoms with E-state index in [4.69, 9.17) is 10.5 Å². The Morgan fingerprint density at radius 1 is 1.30 bits per heavy atom. The summed E-state index contributed by atoms with van der Waals surface area (Å²) in [6.07, 6.45) is 0.679. The third-order valence-electron chi connectivity index (χ3n) is 6.15. The van der Waals surface area contributed by atoms with Crippen molar-refractivity contribution < 1.29 is 14.5 Å². The number of nitrogens with zero attached hydrogens (tertiary/aromatic N) is 1. The zero-order valence-corrected chi connectivity index (χ0v) is 17.1. The van der Waals surface area contributed by atoms with Gasteiger partial charge in [0, 0.05) is 65.2 Å². The number of hydrogen-bond acceptors (Lipinski definition) is 6. The van der Waals surface area contributed by atoms with Crippen molar-refractivity contribution in [2.75, 3.05) is 24.2 Å². The molecule has 3 atom stereocenters. The van der Waals surface area contributed by atoms with Crippen LogP contribution in [0, 0.1) is 21.4 Å². The maximum absolute atomic E-state index is 12.6. The molecule has 0 saturated carbocycles. The summed E-state index contributed by atoms with van der Waals surface area (Å²) in [5.41, 5.74) is 8.35. The summed E-state index contributed by atoms with van der Waals surface area (Å²) < 4.78 is 5.99. The van der Waals surface area contributed by atoms with Crippen LogP contribution in [0.15, 0.2) is 42.5 Å². The number of rotatable bonds is 5. The van der Waals surface area contributed by atoms with Crippen LogP contribution in [-0.4, -0.2) is 30.0 Å². The Morgan fingerprint density at radius 2 is 2.03 bits per heavy atom. The molecule has 2 heterocycles. The Balaban J connectivity index is 1.53. The van der Waals surface area contributed by atoms with Crippen molar-refractivity contribution in [3.8, 4) is 0 Å². The highest BCUT2D eigenvalue weighted by Crippen LogP contribution is 2.49. The normalized spacial score (nSPS) is 22.5. The fraction of sp³-hybridized carbons (Fsp3) is 0.409. The minimum absolute atomic E-state index is 0.0469.